The molecule has 0 aliphatic heterocycles. The van der Waals surface area contributed by atoms with Crippen molar-refractivity contribution in [3.05, 3.63) is 51.1 Å². The van der Waals surface area contributed by atoms with E-state index in [2.05, 4.69) is 20.9 Å². The summed E-state index contributed by atoms with van der Waals surface area (Å²) in [6, 6.07) is 6.30. The Morgan fingerprint density at radius 1 is 1.42 bits per heavy atom. The Morgan fingerprint density at radius 2 is 2.16 bits per heavy atom. The SMILES string of the molecule is Cc1cc(Br)cnc1Oc1ccc(Cl)c(C(=O)O)c1. The van der Waals surface area contributed by atoms with Crippen LogP contribution in [0.2, 0.25) is 5.02 Å². The molecule has 4 nitrogen and oxygen atoms in total. The molecule has 0 bridgehead atoms. The third-order valence-electron chi connectivity index (χ3n) is 2.38. The number of aryl methyl sites for hydroxylation is 1. The van der Waals surface area contributed by atoms with Crippen LogP contribution in [0, 0.1) is 6.92 Å². The molecule has 0 saturated carbocycles. The van der Waals surface area contributed by atoms with Crippen LogP contribution in [-0.2, 0) is 0 Å². The highest BCUT2D eigenvalue weighted by Gasteiger charge is 2.11. The first-order valence-electron chi connectivity index (χ1n) is 5.30. The Balaban J connectivity index is 2.33. The number of hydrogen-bond acceptors (Lipinski definition) is 3. The number of benzene rings is 1. The van der Waals surface area contributed by atoms with E-state index in [1.807, 2.05) is 13.0 Å². The topological polar surface area (TPSA) is 59.4 Å². The van der Waals surface area contributed by atoms with Crippen LogP contribution >= 0.6 is 27.5 Å². The highest BCUT2D eigenvalue weighted by atomic mass is 79.9. The third kappa shape index (κ3) is 3.24. The van der Waals surface area contributed by atoms with E-state index in [0.29, 0.717) is 11.6 Å². The predicted molar refractivity (Wildman–Crippen MR) is 75.2 cm³/mol. The molecule has 2 rings (SSSR count). The first-order valence-corrected chi connectivity index (χ1v) is 6.47. The molecule has 2 aromatic rings. The lowest BCUT2D eigenvalue weighted by Gasteiger charge is -2.08. The minimum Gasteiger partial charge on any atom is -0.478 e. The van der Waals surface area contributed by atoms with Gasteiger partial charge in [0.1, 0.15) is 5.75 Å². The summed E-state index contributed by atoms with van der Waals surface area (Å²) in [5.74, 6) is -0.308. The summed E-state index contributed by atoms with van der Waals surface area (Å²) in [5, 5.41) is 9.15. The van der Waals surface area contributed by atoms with Gasteiger partial charge in [0.2, 0.25) is 5.88 Å². The van der Waals surface area contributed by atoms with E-state index in [9.17, 15) is 4.79 Å². The van der Waals surface area contributed by atoms with E-state index in [4.69, 9.17) is 21.4 Å². The lowest BCUT2D eigenvalue weighted by atomic mass is 10.2. The number of halogens is 2. The molecule has 0 atom stereocenters. The van der Waals surface area contributed by atoms with Crippen LogP contribution in [0.15, 0.2) is 34.9 Å². The maximum Gasteiger partial charge on any atom is 0.337 e. The molecular weight excluding hydrogens is 334 g/mol. The number of carboxylic acid groups (broad SMARTS) is 1. The summed E-state index contributed by atoms with van der Waals surface area (Å²) in [4.78, 5) is 15.1. The fourth-order valence-electron chi connectivity index (χ4n) is 1.48. The normalized spacial score (nSPS) is 10.3. The molecule has 0 aliphatic carbocycles. The maximum absolute atomic E-state index is 11.0. The van der Waals surface area contributed by atoms with Gasteiger partial charge in [-0.3, -0.25) is 0 Å². The van der Waals surface area contributed by atoms with E-state index in [1.54, 1.807) is 12.3 Å². The molecule has 0 aliphatic rings. The van der Waals surface area contributed by atoms with Gasteiger partial charge in [0, 0.05) is 16.2 Å². The Labute approximate surface area is 123 Å². The van der Waals surface area contributed by atoms with Crippen molar-refractivity contribution in [2.75, 3.05) is 0 Å². The molecule has 0 amide bonds. The van der Waals surface area contributed by atoms with Crippen LogP contribution in [0.4, 0.5) is 0 Å². The molecule has 1 aromatic heterocycles. The van der Waals surface area contributed by atoms with Gasteiger partial charge in [0.05, 0.1) is 10.6 Å². The molecular formula is C13H9BrClNO3. The fraction of sp³-hybridized carbons (Fsp3) is 0.0769. The molecule has 0 radical (unpaired) electrons. The van der Waals surface area contributed by atoms with E-state index in [0.717, 1.165) is 10.0 Å². The second kappa shape index (κ2) is 5.59. The van der Waals surface area contributed by atoms with Crippen molar-refractivity contribution in [1.82, 2.24) is 4.98 Å². The van der Waals surface area contributed by atoms with E-state index >= 15 is 0 Å². The fourth-order valence-corrected chi connectivity index (χ4v) is 2.12. The van der Waals surface area contributed by atoms with Crippen LogP contribution in [0.3, 0.4) is 0 Å². The quantitative estimate of drug-likeness (QED) is 0.903. The second-order valence-corrected chi connectivity index (χ2v) is 5.15. The predicted octanol–water partition coefficient (Wildman–Crippen LogP) is 4.30. The second-order valence-electron chi connectivity index (χ2n) is 3.82. The van der Waals surface area contributed by atoms with Crippen LogP contribution in [-0.4, -0.2) is 16.1 Å². The van der Waals surface area contributed by atoms with Gasteiger partial charge < -0.3 is 9.84 Å². The van der Waals surface area contributed by atoms with E-state index < -0.39 is 5.97 Å². The van der Waals surface area contributed by atoms with E-state index in [1.165, 1.54) is 12.1 Å². The highest BCUT2D eigenvalue weighted by Crippen LogP contribution is 2.28. The number of rotatable bonds is 3. The number of carbonyl (C=O) groups is 1. The van der Waals surface area contributed by atoms with E-state index in [-0.39, 0.29) is 10.6 Å². The van der Waals surface area contributed by atoms with Crippen molar-refractivity contribution in [2.24, 2.45) is 0 Å². The standard InChI is InChI=1S/C13H9BrClNO3/c1-7-4-8(14)6-16-12(7)19-9-2-3-11(15)10(5-9)13(17)18/h2-6H,1H3,(H,17,18). The number of ether oxygens (including phenoxy) is 1. The van der Waals surface area contributed by atoms with Gasteiger partial charge in [-0.15, -0.1) is 0 Å². The number of pyridine rings is 1. The molecule has 0 fully saturated rings. The maximum atomic E-state index is 11.0. The molecule has 0 spiro atoms. The number of hydrogen-bond donors (Lipinski definition) is 1. The van der Waals surface area contributed by atoms with Crippen LogP contribution in [0.25, 0.3) is 0 Å². The molecule has 1 N–H and O–H groups in total. The van der Waals surface area contributed by atoms with Crippen molar-refractivity contribution in [1.29, 1.82) is 0 Å². The zero-order valence-electron chi connectivity index (χ0n) is 9.85. The molecule has 19 heavy (non-hydrogen) atoms. The van der Waals surface area contributed by atoms with Crippen molar-refractivity contribution in [3.8, 4) is 11.6 Å². The van der Waals surface area contributed by atoms with Gasteiger partial charge in [-0.25, -0.2) is 9.78 Å². The summed E-state index contributed by atoms with van der Waals surface area (Å²) in [5.41, 5.74) is 0.829. The van der Waals surface area contributed by atoms with Gasteiger partial charge in [0.25, 0.3) is 0 Å². The summed E-state index contributed by atoms with van der Waals surface area (Å²) in [7, 11) is 0. The average molecular weight is 343 g/mol. The van der Waals surface area contributed by atoms with Crippen molar-refractivity contribution in [2.45, 2.75) is 6.92 Å². The lowest BCUT2D eigenvalue weighted by molar-refractivity contribution is 0.0696. The molecule has 98 valence electrons. The van der Waals surface area contributed by atoms with Crippen LogP contribution in [0.5, 0.6) is 11.6 Å². The Kier molecular flexibility index (Phi) is 4.07. The molecule has 0 unspecified atom stereocenters. The summed E-state index contributed by atoms with van der Waals surface area (Å²) in [6.07, 6.45) is 1.61. The van der Waals surface area contributed by atoms with Gasteiger partial charge in [-0.2, -0.15) is 0 Å². The number of nitrogens with zero attached hydrogens (tertiary/aromatic N) is 1. The monoisotopic (exact) mass is 341 g/mol. The van der Waals surface area contributed by atoms with Gasteiger partial charge in [-0.1, -0.05) is 11.6 Å². The van der Waals surface area contributed by atoms with Crippen LogP contribution < -0.4 is 4.74 Å². The Morgan fingerprint density at radius 3 is 2.79 bits per heavy atom. The van der Waals surface area contributed by atoms with Gasteiger partial charge in [0.15, 0.2) is 0 Å². The van der Waals surface area contributed by atoms with Crippen molar-refractivity contribution < 1.29 is 14.6 Å². The first-order chi connectivity index (χ1) is 8.97. The Bertz CT molecular complexity index is 646. The third-order valence-corrected chi connectivity index (χ3v) is 3.14. The largest absolute Gasteiger partial charge is 0.478 e. The summed E-state index contributed by atoms with van der Waals surface area (Å²) >= 11 is 9.10. The first kappa shape index (κ1) is 13.8. The molecule has 0 saturated heterocycles. The zero-order chi connectivity index (χ0) is 14.0. The Hall–Kier alpha value is -1.59. The van der Waals surface area contributed by atoms with Gasteiger partial charge >= 0.3 is 5.97 Å². The highest BCUT2D eigenvalue weighted by molar-refractivity contribution is 9.10. The zero-order valence-corrected chi connectivity index (χ0v) is 12.2. The summed E-state index contributed by atoms with van der Waals surface area (Å²) in [6.45, 7) is 1.85. The lowest BCUT2D eigenvalue weighted by Crippen LogP contribution is -1.98. The number of aromatic nitrogens is 1. The van der Waals surface area contributed by atoms with Crippen molar-refractivity contribution in [3.63, 3.8) is 0 Å². The van der Waals surface area contributed by atoms with Gasteiger partial charge in [-0.05, 0) is 47.1 Å². The minimum absolute atomic E-state index is 0.00562. The molecule has 6 heteroatoms. The number of aromatic carboxylic acids is 1. The molecule has 1 heterocycles. The van der Waals surface area contributed by atoms with Crippen molar-refractivity contribution >= 4 is 33.5 Å². The van der Waals surface area contributed by atoms with Crippen LogP contribution in [0.1, 0.15) is 15.9 Å². The number of carboxylic acids is 1. The minimum atomic E-state index is -1.10. The summed E-state index contributed by atoms with van der Waals surface area (Å²) < 4.78 is 6.40. The smallest absolute Gasteiger partial charge is 0.337 e. The average Bonchev–Trinajstić information content (AvgIpc) is 2.34. The molecule has 1 aromatic carbocycles.